The zero-order valence-corrected chi connectivity index (χ0v) is 14.0. The maximum atomic E-state index is 14.3. The first-order valence-corrected chi connectivity index (χ1v) is 7.78. The highest BCUT2D eigenvalue weighted by atomic mass is 19.1. The molecule has 0 aliphatic rings. The first-order valence-electron chi connectivity index (χ1n) is 7.78. The van der Waals surface area contributed by atoms with E-state index in [4.69, 9.17) is 4.74 Å². The van der Waals surface area contributed by atoms with Gasteiger partial charge in [0.2, 0.25) is 0 Å². The number of halogens is 1. The molecule has 0 atom stereocenters. The molecule has 3 aromatic rings. The van der Waals surface area contributed by atoms with Crippen molar-refractivity contribution >= 4 is 5.91 Å². The lowest BCUT2D eigenvalue weighted by atomic mass is 10.1. The topological polar surface area (TPSA) is 47.4 Å². The van der Waals surface area contributed by atoms with E-state index >= 15 is 0 Å². The van der Waals surface area contributed by atoms with E-state index in [9.17, 15) is 9.18 Å². The van der Waals surface area contributed by atoms with Crippen molar-refractivity contribution in [3.63, 3.8) is 0 Å². The van der Waals surface area contributed by atoms with E-state index in [0.717, 1.165) is 5.69 Å². The zero-order chi connectivity index (χ0) is 17.8. The van der Waals surface area contributed by atoms with Crippen molar-refractivity contribution in [2.45, 2.75) is 6.54 Å². The van der Waals surface area contributed by atoms with Crippen LogP contribution in [-0.2, 0) is 6.54 Å². The molecule has 0 N–H and O–H groups in total. The van der Waals surface area contributed by atoms with Crippen LogP contribution >= 0.6 is 0 Å². The van der Waals surface area contributed by atoms with Crippen LogP contribution in [0, 0.1) is 5.82 Å². The third kappa shape index (κ3) is 3.52. The predicted octanol–water partition coefficient (Wildman–Crippen LogP) is 3.29. The van der Waals surface area contributed by atoms with Crippen molar-refractivity contribution in [1.29, 1.82) is 0 Å². The van der Waals surface area contributed by atoms with E-state index in [2.05, 4.69) is 5.10 Å². The van der Waals surface area contributed by atoms with E-state index in [1.807, 2.05) is 42.6 Å². The molecule has 0 aliphatic carbocycles. The molecule has 0 saturated carbocycles. The number of hydrogen-bond acceptors (Lipinski definition) is 3. The predicted molar refractivity (Wildman–Crippen MR) is 92.3 cm³/mol. The molecule has 0 spiro atoms. The summed E-state index contributed by atoms with van der Waals surface area (Å²) < 4.78 is 20.9. The Morgan fingerprint density at radius 3 is 2.64 bits per heavy atom. The number of benzene rings is 2. The Kier molecular flexibility index (Phi) is 4.79. The number of para-hydroxylation sites is 1. The minimum absolute atomic E-state index is 0.0238. The number of carbonyl (C=O) groups excluding carboxylic acids is 1. The van der Waals surface area contributed by atoms with Crippen LogP contribution in [0.15, 0.2) is 60.8 Å². The fourth-order valence-corrected chi connectivity index (χ4v) is 2.52. The molecule has 1 heterocycles. The highest BCUT2D eigenvalue weighted by molar-refractivity contribution is 5.94. The quantitative estimate of drug-likeness (QED) is 0.717. The minimum Gasteiger partial charge on any atom is -0.494 e. The monoisotopic (exact) mass is 339 g/mol. The van der Waals surface area contributed by atoms with Gasteiger partial charge in [0, 0.05) is 13.2 Å². The van der Waals surface area contributed by atoms with Gasteiger partial charge in [-0.15, -0.1) is 0 Å². The molecule has 0 bridgehead atoms. The summed E-state index contributed by atoms with van der Waals surface area (Å²) in [6.07, 6.45) is 1.83. The first kappa shape index (κ1) is 16.7. The van der Waals surface area contributed by atoms with E-state index in [-0.39, 0.29) is 17.9 Å². The Labute approximate surface area is 145 Å². The normalized spacial score (nSPS) is 10.5. The van der Waals surface area contributed by atoms with Crippen molar-refractivity contribution in [1.82, 2.24) is 14.7 Å². The maximum absolute atomic E-state index is 14.3. The van der Waals surface area contributed by atoms with Crippen LogP contribution in [0.4, 0.5) is 4.39 Å². The van der Waals surface area contributed by atoms with Crippen LogP contribution in [0.3, 0.4) is 0 Å². The molecule has 0 aliphatic heterocycles. The Morgan fingerprint density at radius 2 is 1.92 bits per heavy atom. The number of carbonyl (C=O) groups is 1. The summed E-state index contributed by atoms with van der Waals surface area (Å²) in [4.78, 5) is 13.9. The summed E-state index contributed by atoms with van der Waals surface area (Å²) in [6, 6.07) is 16.0. The molecule has 3 rings (SSSR count). The van der Waals surface area contributed by atoms with E-state index in [1.54, 1.807) is 17.8 Å². The second kappa shape index (κ2) is 7.17. The molecule has 6 heteroatoms. The van der Waals surface area contributed by atoms with Crippen LogP contribution in [-0.4, -0.2) is 34.7 Å². The van der Waals surface area contributed by atoms with E-state index in [0.29, 0.717) is 5.69 Å². The summed E-state index contributed by atoms with van der Waals surface area (Å²) in [5, 5.41) is 4.46. The molecule has 128 valence electrons. The highest BCUT2D eigenvalue weighted by Gasteiger charge is 2.19. The van der Waals surface area contributed by atoms with Gasteiger partial charge in [-0.2, -0.15) is 5.10 Å². The van der Waals surface area contributed by atoms with Crippen LogP contribution in [0.1, 0.15) is 16.1 Å². The van der Waals surface area contributed by atoms with Gasteiger partial charge < -0.3 is 9.64 Å². The molecule has 5 nitrogen and oxygen atoms in total. The highest BCUT2D eigenvalue weighted by Crippen LogP contribution is 2.21. The van der Waals surface area contributed by atoms with Crippen molar-refractivity contribution in [2.24, 2.45) is 0 Å². The lowest BCUT2D eigenvalue weighted by Crippen LogP contribution is -2.27. The van der Waals surface area contributed by atoms with Gasteiger partial charge in [-0.25, -0.2) is 9.07 Å². The number of rotatable bonds is 5. The Balaban J connectivity index is 1.75. The molecular weight excluding hydrogens is 321 g/mol. The number of nitrogens with zero attached hydrogens (tertiary/aromatic N) is 3. The SMILES string of the molecule is COc1cccc(C(=O)N(C)Cc2ccn(-c3ccccc3)n2)c1F. The minimum atomic E-state index is -0.656. The first-order chi connectivity index (χ1) is 12.1. The number of hydrogen-bond donors (Lipinski definition) is 0. The third-order valence-electron chi connectivity index (χ3n) is 3.82. The molecule has 1 aromatic heterocycles. The summed E-state index contributed by atoms with van der Waals surface area (Å²) >= 11 is 0. The molecule has 2 aromatic carbocycles. The van der Waals surface area contributed by atoms with Crippen LogP contribution in [0.5, 0.6) is 5.75 Å². The largest absolute Gasteiger partial charge is 0.494 e. The van der Waals surface area contributed by atoms with Crippen molar-refractivity contribution in [3.8, 4) is 11.4 Å². The number of amides is 1. The fourth-order valence-electron chi connectivity index (χ4n) is 2.52. The van der Waals surface area contributed by atoms with Crippen molar-refractivity contribution in [2.75, 3.05) is 14.2 Å². The van der Waals surface area contributed by atoms with Crippen LogP contribution in [0.2, 0.25) is 0 Å². The summed E-state index contributed by atoms with van der Waals surface area (Å²) in [5.74, 6) is -1.03. The van der Waals surface area contributed by atoms with E-state index < -0.39 is 11.7 Å². The second-order valence-electron chi connectivity index (χ2n) is 5.57. The van der Waals surface area contributed by atoms with Gasteiger partial charge in [0.05, 0.1) is 30.6 Å². The van der Waals surface area contributed by atoms with Crippen molar-refractivity contribution < 1.29 is 13.9 Å². The van der Waals surface area contributed by atoms with E-state index in [1.165, 1.54) is 24.1 Å². The molecule has 0 radical (unpaired) electrons. The molecule has 25 heavy (non-hydrogen) atoms. The van der Waals surface area contributed by atoms with Gasteiger partial charge in [-0.05, 0) is 30.3 Å². The van der Waals surface area contributed by atoms with Gasteiger partial charge in [-0.3, -0.25) is 4.79 Å². The Morgan fingerprint density at radius 1 is 1.16 bits per heavy atom. The van der Waals surface area contributed by atoms with Crippen LogP contribution < -0.4 is 4.74 Å². The lowest BCUT2D eigenvalue weighted by molar-refractivity contribution is 0.0778. The molecule has 1 amide bonds. The number of methoxy groups -OCH3 is 1. The van der Waals surface area contributed by atoms with Gasteiger partial charge in [0.25, 0.3) is 5.91 Å². The van der Waals surface area contributed by atoms with Crippen LogP contribution in [0.25, 0.3) is 5.69 Å². The standard InChI is InChI=1S/C19H18FN3O2/c1-22(19(24)16-9-6-10-17(25-2)18(16)20)13-14-11-12-23(21-14)15-7-4-3-5-8-15/h3-12H,13H2,1-2H3. The zero-order valence-electron chi connectivity index (χ0n) is 14.0. The smallest absolute Gasteiger partial charge is 0.257 e. The maximum Gasteiger partial charge on any atom is 0.257 e. The van der Waals surface area contributed by atoms with Gasteiger partial charge >= 0.3 is 0 Å². The van der Waals surface area contributed by atoms with Gasteiger partial charge in [-0.1, -0.05) is 24.3 Å². The number of aromatic nitrogens is 2. The summed E-state index contributed by atoms with van der Waals surface area (Å²) in [6.45, 7) is 0.273. The number of ether oxygens (including phenoxy) is 1. The molecular formula is C19H18FN3O2. The average molecular weight is 339 g/mol. The van der Waals surface area contributed by atoms with Gasteiger partial charge in [0.1, 0.15) is 0 Å². The summed E-state index contributed by atoms with van der Waals surface area (Å²) in [5.41, 5.74) is 1.62. The fraction of sp³-hybridized carbons (Fsp3) is 0.158. The second-order valence-corrected chi connectivity index (χ2v) is 5.57. The van der Waals surface area contributed by atoms with Gasteiger partial charge in [0.15, 0.2) is 11.6 Å². The summed E-state index contributed by atoms with van der Waals surface area (Å²) in [7, 11) is 2.98. The molecule has 0 fully saturated rings. The Bertz CT molecular complexity index is 877. The average Bonchev–Trinajstić information content (AvgIpc) is 3.10. The lowest BCUT2D eigenvalue weighted by Gasteiger charge is -2.17. The Hall–Kier alpha value is -3.15. The third-order valence-corrected chi connectivity index (χ3v) is 3.82. The molecule has 0 saturated heterocycles. The molecule has 0 unspecified atom stereocenters. The van der Waals surface area contributed by atoms with Crippen molar-refractivity contribution in [3.05, 3.63) is 77.9 Å².